The molecular weight excluding hydrogens is 783 g/mol. The molecule has 1 saturated heterocycles. The Morgan fingerprint density at radius 1 is 0.732 bits per heavy atom. The second-order valence-corrected chi connectivity index (χ2v) is 14.2. The Kier molecular flexibility index (Phi) is 21.7. The highest BCUT2D eigenvalue weighted by Gasteiger charge is 2.38. The molecule has 8 amide bonds. The molecule has 1 aliphatic heterocycles. The standard InChI is InChI=1S/C32H55N9O13S2/c1-14(2)8-18(26(47)34-9-23(45)35-15(3)25(46)37-19(10-42)27(48)39-21(13-56)32(53)54)36-30(51)24(16(4)44)40-28(49)20(11-43)38-29(50)22-6-5-7-41(22)31(52)17(33)12-55/h14-22,24,42-44,55-56H,5-13,33H2,1-4H3,(H,34,47)(H,35,45)(H,36,51)(H,37,46)(H,38,50)(H,39,48)(H,40,49)(H,53,54)/t15-,16+,17-,18-,19-,20-,21-,22-,24-/m0/s1. The first-order valence-corrected chi connectivity index (χ1v) is 19.0. The SMILES string of the molecule is CC(C)C[C@H](NC(=O)[C@@H](NC(=O)[C@H](CO)NC(=O)[C@@H]1CCCN1C(=O)[C@@H](N)CS)[C@@H](C)O)C(=O)NCC(=O)N[C@@H](C)C(=O)N[C@@H](CO)C(=O)N[C@@H](CS)C(=O)O. The monoisotopic (exact) mass is 837 g/mol. The lowest BCUT2D eigenvalue weighted by Crippen LogP contribution is -2.61. The van der Waals surface area contributed by atoms with E-state index in [1.807, 2.05) is 0 Å². The largest absolute Gasteiger partial charge is 0.480 e. The summed E-state index contributed by atoms with van der Waals surface area (Å²) in [5.41, 5.74) is 5.78. The van der Waals surface area contributed by atoms with E-state index >= 15 is 0 Å². The summed E-state index contributed by atoms with van der Waals surface area (Å²) in [6.45, 7) is 3.61. The van der Waals surface area contributed by atoms with Crippen molar-refractivity contribution in [1.29, 1.82) is 0 Å². The van der Waals surface area contributed by atoms with Crippen molar-refractivity contribution >= 4 is 78.5 Å². The third-order valence-corrected chi connectivity index (χ3v) is 9.14. The van der Waals surface area contributed by atoms with Crippen LogP contribution in [0, 0.1) is 5.92 Å². The maximum Gasteiger partial charge on any atom is 0.327 e. The molecule has 1 heterocycles. The number of rotatable bonds is 23. The minimum absolute atomic E-state index is 0.0296. The van der Waals surface area contributed by atoms with Gasteiger partial charge in [0.05, 0.1) is 31.9 Å². The van der Waals surface area contributed by atoms with E-state index in [2.05, 4.69) is 62.5 Å². The zero-order valence-electron chi connectivity index (χ0n) is 31.5. The van der Waals surface area contributed by atoms with Crippen LogP contribution in [-0.4, -0.2) is 171 Å². The maximum absolute atomic E-state index is 13.3. The average molecular weight is 838 g/mol. The van der Waals surface area contributed by atoms with Crippen LogP contribution >= 0.6 is 25.3 Å². The van der Waals surface area contributed by atoms with Crippen LogP contribution in [0.25, 0.3) is 0 Å². The van der Waals surface area contributed by atoms with Crippen LogP contribution in [0.5, 0.6) is 0 Å². The highest BCUT2D eigenvalue weighted by molar-refractivity contribution is 7.80. The minimum atomic E-state index is -1.69. The molecule has 318 valence electrons. The summed E-state index contributed by atoms with van der Waals surface area (Å²) in [4.78, 5) is 115. The molecule has 0 aromatic carbocycles. The van der Waals surface area contributed by atoms with E-state index < -0.39 is 127 Å². The van der Waals surface area contributed by atoms with Crippen molar-refractivity contribution < 1.29 is 63.6 Å². The van der Waals surface area contributed by atoms with Gasteiger partial charge in [-0.25, -0.2) is 4.79 Å². The molecule has 0 bridgehead atoms. The first kappa shape index (κ1) is 49.8. The molecule has 0 spiro atoms. The average Bonchev–Trinajstić information content (AvgIpc) is 3.64. The molecule has 0 radical (unpaired) electrons. The normalized spacial score (nSPS) is 18.1. The van der Waals surface area contributed by atoms with E-state index in [0.29, 0.717) is 6.42 Å². The zero-order chi connectivity index (χ0) is 42.9. The molecule has 24 heteroatoms. The molecule has 1 rings (SSSR count). The van der Waals surface area contributed by atoms with Gasteiger partial charge in [-0.1, -0.05) is 13.8 Å². The molecule has 1 fully saturated rings. The molecule has 9 atom stereocenters. The summed E-state index contributed by atoms with van der Waals surface area (Å²) < 4.78 is 0. The number of carboxylic acid groups (broad SMARTS) is 1. The van der Waals surface area contributed by atoms with Gasteiger partial charge in [0.2, 0.25) is 47.3 Å². The minimum Gasteiger partial charge on any atom is -0.480 e. The predicted molar refractivity (Wildman–Crippen MR) is 204 cm³/mol. The van der Waals surface area contributed by atoms with Crippen LogP contribution in [0.3, 0.4) is 0 Å². The lowest BCUT2D eigenvalue weighted by molar-refractivity contribution is -0.142. The van der Waals surface area contributed by atoms with Crippen molar-refractivity contribution in [2.75, 3.05) is 37.8 Å². The summed E-state index contributed by atoms with van der Waals surface area (Å²) >= 11 is 7.83. The summed E-state index contributed by atoms with van der Waals surface area (Å²) in [6, 6.07) is -10.8. The van der Waals surface area contributed by atoms with Gasteiger partial charge in [-0.05, 0) is 39.0 Å². The third kappa shape index (κ3) is 15.7. The van der Waals surface area contributed by atoms with Gasteiger partial charge >= 0.3 is 5.97 Å². The molecule has 13 N–H and O–H groups in total. The van der Waals surface area contributed by atoms with E-state index in [1.54, 1.807) is 13.8 Å². The third-order valence-electron chi connectivity index (χ3n) is 8.38. The first-order chi connectivity index (χ1) is 26.2. The summed E-state index contributed by atoms with van der Waals surface area (Å²) in [5.74, 6) is -8.82. The molecule has 56 heavy (non-hydrogen) atoms. The fourth-order valence-corrected chi connectivity index (χ4v) is 5.68. The highest BCUT2D eigenvalue weighted by Crippen LogP contribution is 2.19. The molecule has 0 saturated carbocycles. The molecule has 0 unspecified atom stereocenters. The van der Waals surface area contributed by atoms with Gasteiger partial charge in [-0.2, -0.15) is 25.3 Å². The first-order valence-electron chi connectivity index (χ1n) is 17.7. The zero-order valence-corrected chi connectivity index (χ0v) is 33.3. The second-order valence-electron chi connectivity index (χ2n) is 13.5. The highest BCUT2D eigenvalue weighted by atomic mass is 32.1. The number of aliphatic hydroxyl groups excluding tert-OH is 3. The van der Waals surface area contributed by atoms with E-state index in [1.165, 1.54) is 18.7 Å². The van der Waals surface area contributed by atoms with Crippen LogP contribution in [-0.2, 0) is 43.2 Å². The van der Waals surface area contributed by atoms with Gasteiger partial charge in [0.25, 0.3) is 0 Å². The topological polar surface area (TPSA) is 348 Å². The fraction of sp³-hybridized carbons (Fsp3) is 0.719. The van der Waals surface area contributed by atoms with Gasteiger partial charge in [0.1, 0.15) is 42.3 Å². The van der Waals surface area contributed by atoms with Crippen molar-refractivity contribution in [3.8, 4) is 0 Å². The number of nitrogens with zero attached hydrogens (tertiary/aromatic N) is 1. The number of thiol groups is 2. The van der Waals surface area contributed by atoms with Crippen LogP contribution in [0.1, 0.15) is 47.0 Å². The number of carbonyl (C=O) groups excluding carboxylic acids is 8. The van der Waals surface area contributed by atoms with E-state index in [0.717, 1.165) is 0 Å². The Morgan fingerprint density at radius 3 is 1.80 bits per heavy atom. The molecule has 22 nitrogen and oxygen atoms in total. The van der Waals surface area contributed by atoms with Crippen LogP contribution in [0.4, 0.5) is 0 Å². The van der Waals surface area contributed by atoms with Crippen LogP contribution in [0.15, 0.2) is 0 Å². The number of carbonyl (C=O) groups is 9. The van der Waals surface area contributed by atoms with Crippen LogP contribution < -0.4 is 43.0 Å². The lowest BCUT2D eigenvalue weighted by atomic mass is 10.0. The van der Waals surface area contributed by atoms with Gasteiger partial charge in [0, 0.05) is 18.1 Å². The Bertz CT molecular complexity index is 1420. The summed E-state index contributed by atoms with van der Waals surface area (Å²) in [7, 11) is 0. The second kappa shape index (κ2) is 24.4. The Balaban J connectivity index is 2.88. The van der Waals surface area contributed by atoms with Crippen LogP contribution in [0.2, 0.25) is 0 Å². The molecule has 0 aliphatic carbocycles. The van der Waals surface area contributed by atoms with Crippen molar-refractivity contribution in [3.63, 3.8) is 0 Å². The maximum atomic E-state index is 13.3. The Hall–Kier alpha value is -4.23. The van der Waals surface area contributed by atoms with Crippen molar-refractivity contribution in [2.24, 2.45) is 11.7 Å². The Labute approximate surface area is 334 Å². The number of nitrogens with one attached hydrogen (secondary N) is 7. The fourth-order valence-electron chi connectivity index (χ4n) is 5.28. The lowest BCUT2D eigenvalue weighted by Gasteiger charge is -2.29. The number of aliphatic carboxylic acids is 1. The van der Waals surface area contributed by atoms with Gasteiger partial charge < -0.3 is 68.3 Å². The summed E-state index contributed by atoms with van der Waals surface area (Å²) in [5, 5.41) is 54.8. The Morgan fingerprint density at radius 2 is 1.29 bits per heavy atom. The van der Waals surface area contributed by atoms with E-state index in [9.17, 15) is 58.5 Å². The molecule has 0 aromatic rings. The number of likely N-dealkylation sites (tertiary alicyclic amines) is 1. The number of hydrogen-bond acceptors (Lipinski definition) is 15. The quantitative estimate of drug-likeness (QED) is 0.0426. The smallest absolute Gasteiger partial charge is 0.327 e. The van der Waals surface area contributed by atoms with Crippen molar-refractivity contribution in [3.05, 3.63) is 0 Å². The molecule has 1 aliphatic rings. The molecule has 0 aromatic heterocycles. The number of hydrogen-bond donors (Lipinski definition) is 14. The van der Waals surface area contributed by atoms with Gasteiger partial charge in [0.15, 0.2) is 0 Å². The summed E-state index contributed by atoms with van der Waals surface area (Å²) in [6.07, 6.45) is -0.759. The number of aliphatic hydroxyl groups is 3. The van der Waals surface area contributed by atoms with E-state index in [-0.39, 0.29) is 36.8 Å². The van der Waals surface area contributed by atoms with Crippen molar-refractivity contribution in [1.82, 2.24) is 42.1 Å². The molecular formula is C32H55N9O13S2. The predicted octanol–water partition coefficient (Wildman–Crippen LogP) is -6.29. The van der Waals surface area contributed by atoms with Gasteiger partial charge in [-0.3, -0.25) is 38.4 Å². The number of carboxylic acids is 1. The van der Waals surface area contributed by atoms with Gasteiger partial charge in [-0.15, -0.1) is 0 Å². The van der Waals surface area contributed by atoms with Crippen molar-refractivity contribution in [2.45, 2.75) is 101 Å². The number of amides is 8. The van der Waals surface area contributed by atoms with E-state index in [4.69, 9.17) is 10.8 Å². The number of nitrogens with two attached hydrogens (primary N) is 1.